The van der Waals surface area contributed by atoms with Crippen molar-refractivity contribution in [3.05, 3.63) is 86.9 Å². The molecule has 0 bridgehead atoms. The summed E-state index contributed by atoms with van der Waals surface area (Å²) in [5, 5.41) is 1.86. The summed E-state index contributed by atoms with van der Waals surface area (Å²) < 4.78 is 1.89. The molecule has 1 aliphatic heterocycles. The predicted octanol–water partition coefficient (Wildman–Crippen LogP) is 5.76. The molecule has 1 unspecified atom stereocenters. The summed E-state index contributed by atoms with van der Waals surface area (Å²) in [7, 11) is 0. The van der Waals surface area contributed by atoms with E-state index in [1.165, 1.54) is 6.42 Å². The number of imidazole rings is 1. The van der Waals surface area contributed by atoms with Gasteiger partial charge in [0.05, 0.1) is 0 Å². The van der Waals surface area contributed by atoms with E-state index in [1.54, 1.807) is 12.3 Å². The van der Waals surface area contributed by atoms with Crippen LogP contribution in [-0.4, -0.2) is 38.3 Å². The molecule has 0 radical (unpaired) electrons. The number of primary amides is 1. The number of rotatable bonds is 8. The van der Waals surface area contributed by atoms with Crippen LogP contribution in [0.15, 0.2) is 54.9 Å². The predicted molar refractivity (Wildman–Crippen MR) is 137 cm³/mol. The van der Waals surface area contributed by atoms with E-state index >= 15 is 0 Å². The second-order valence-electron chi connectivity index (χ2n) is 8.72. The third-order valence-corrected chi connectivity index (χ3v) is 7.37. The minimum absolute atomic E-state index is 0.219. The van der Waals surface area contributed by atoms with Gasteiger partial charge in [-0.25, -0.2) is 4.98 Å². The van der Waals surface area contributed by atoms with E-state index in [9.17, 15) is 4.79 Å². The maximum Gasteiger partial charge on any atom is 0.284 e. The van der Waals surface area contributed by atoms with Gasteiger partial charge >= 0.3 is 0 Å². The second kappa shape index (κ2) is 10.7. The number of nitrogens with zero attached hydrogens (tertiary/aromatic N) is 4. The van der Waals surface area contributed by atoms with E-state index in [0.717, 1.165) is 37.1 Å². The number of nitrogens with two attached hydrogens (primary N) is 1. The number of benzene rings is 2. The van der Waals surface area contributed by atoms with Crippen molar-refractivity contribution in [3.8, 4) is 0 Å². The SMILES string of the molecule is CC(N1CCCCC1)(N(Cc1ccc(Cl)cc1)Cc1ccc(Cl)cc1Cl)n1ccnc1C(N)=O. The summed E-state index contributed by atoms with van der Waals surface area (Å²) in [4.78, 5) is 21.3. The fourth-order valence-corrected chi connectivity index (χ4v) is 5.27. The lowest BCUT2D eigenvalue weighted by atomic mass is 10.1. The number of hydrogen-bond donors (Lipinski definition) is 1. The van der Waals surface area contributed by atoms with Crippen LogP contribution >= 0.6 is 34.8 Å². The molecule has 0 aliphatic carbocycles. The number of aromatic nitrogens is 2. The Labute approximate surface area is 215 Å². The smallest absolute Gasteiger partial charge is 0.284 e. The van der Waals surface area contributed by atoms with E-state index in [-0.39, 0.29) is 5.82 Å². The molecule has 3 aromatic rings. The van der Waals surface area contributed by atoms with Crippen molar-refractivity contribution >= 4 is 40.7 Å². The van der Waals surface area contributed by atoms with Crippen LogP contribution in [0.1, 0.15) is 47.9 Å². The van der Waals surface area contributed by atoms with Crippen molar-refractivity contribution in [1.29, 1.82) is 0 Å². The molecule has 0 saturated carbocycles. The van der Waals surface area contributed by atoms with Gasteiger partial charge in [-0.1, -0.05) is 59.4 Å². The molecule has 0 spiro atoms. The molecule has 1 amide bonds. The highest BCUT2D eigenvalue weighted by Crippen LogP contribution is 2.35. The van der Waals surface area contributed by atoms with Gasteiger partial charge < -0.3 is 5.73 Å². The lowest BCUT2D eigenvalue weighted by Gasteiger charge is -2.51. The van der Waals surface area contributed by atoms with Crippen LogP contribution < -0.4 is 5.73 Å². The Hall–Kier alpha value is -2.09. The van der Waals surface area contributed by atoms with E-state index in [4.69, 9.17) is 40.5 Å². The highest BCUT2D eigenvalue weighted by Gasteiger charge is 2.42. The van der Waals surface area contributed by atoms with Crippen molar-refractivity contribution in [2.24, 2.45) is 5.73 Å². The van der Waals surface area contributed by atoms with Crippen molar-refractivity contribution in [2.75, 3.05) is 13.1 Å². The van der Waals surface area contributed by atoms with Gasteiger partial charge in [-0.15, -0.1) is 0 Å². The minimum atomic E-state index is -0.732. The molecule has 1 aliphatic rings. The molecule has 6 nitrogen and oxygen atoms in total. The van der Waals surface area contributed by atoms with Gasteiger partial charge in [0.1, 0.15) is 0 Å². The summed E-state index contributed by atoms with van der Waals surface area (Å²) >= 11 is 18.9. The van der Waals surface area contributed by atoms with Crippen molar-refractivity contribution < 1.29 is 4.79 Å². The molecule has 9 heteroatoms. The largest absolute Gasteiger partial charge is 0.363 e. The molecule has 2 N–H and O–H groups in total. The summed E-state index contributed by atoms with van der Waals surface area (Å²) in [6, 6.07) is 13.3. The van der Waals surface area contributed by atoms with E-state index in [2.05, 4.69) is 21.7 Å². The van der Waals surface area contributed by atoms with E-state index < -0.39 is 11.7 Å². The van der Waals surface area contributed by atoms with E-state index in [0.29, 0.717) is 28.2 Å². The van der Waals surface area contributed by atoms with Crippen LogP contribution in [0.25, 0.3) is 0 Å². The molecular weight excluding hydrogens is 493 g/mol. The monoisotopic (exact) mass is 519 g/mol. The highest BCUT2D eigenvalue weighted by molar-refractivity contribution is 6.35. The molecular formula is C25H28Cl3N5O. The van der Waals surface area contributed by atoms with Crippen LogP contribution in [0.5, 0.6) is 0 Å². The van der Waals surface area contributed by atoms with Gasteiger partial charge in [0.15, 0.2) is 5.79 Å². The zero-order valence-electron chi connectivity index (χ0n) is 19.1. The zero-order chi connectivity index (χ0) is 24.3. The van der Waals surface area contributed by atoms with Gasteiger partial charge in [0.25, 0.3) is 5.91 Å². The number of halogens is 3. The standard InChI is InChI=1S/C25H28Cl3N5O/c1-25(31-12-3-2-4-13-31,33-14-11-30-24(33)23(29)34)32(16-18-5-8-20(26)9-6-18)17-19-7-10-21(27)15-22(19)28/h5-11,14-15H,2-4,12-13,16-17H2,1H3,(H2,29,34). The average molecular weight is 521 g/mol. The Balaban J connectivity index is 1.84. The maximum atomic E-state index is 12.3. The number of hydrogen-bond acceptors (Lipinski definition) is 4. The quantitative estimate of drug-likeness (QED) is 0.410. The second-order valence-corrected chi connectivity index (χ2v) is 10.0. The summed E-state index contributed by atoms with van der Waals surface area (Å²) in [6.45, 7) is 4.99. The average Bonchev–Trinajstić information content (AvgIpc) is 3.33. The van der Waals surface area contributed by atoms with Crippen molar-refractivity contribution in [2.45, 2.75) is 45.1 Å². The number of piperidine rings is 1. The third kappa shape index (κ3) is 5.26. The first kappa shape index (κ1) is 25.0. The zero-order valence-corrected chi connectivity index (χ0v) is 21.3. The number of carbonyl (C=O) groups excluding carboxylic acids is 1. The van der Waals surface area contributed by atoms with Crippen LogP contribution in [0.2, 0.25) is 15.1 Å². The van der Waals surface area contributed by atoms with Crippen LogP contribution in [0.3, 0.4) is 0 Å². The summed E-state index contributed by atoms with van der Waals surface area (Å²) in [6.07, 6.45) is 6.78. The Morgan fingerprint density at radius 1 is 1.03 bits per heavy atom. The molecule has 2 aromatic carbocycles. The first-order valence-electron chi connectivity index (χ1n) is 11.3. The molecule has 4 rings (SSSR count). The lowest BCUT2D eigenvalue weighted by Crippen LogP contribution is -2.61. The lowest BCUT2D eigenvalue weighted by molar-refractivity contribution is -0.128. The van der Waals surface area contributed by atoms with Gasteiger partial charge in [-0.05, 0) is 55.2 Å². The van der Waals surface area contributed by atoms with E-state index in [1.807, 2.05) is 47.2 Å². The fraction of sp³-hybridized carbons (Fsp3) is 0.360. The van der Waals surface area contributed by atoms with Crippen molar-refractivity contribution in [3.63, 3.8) is 0 Å². The van der Waals surface area contributed by atoms with Gasteiger partial charge in [-0.2, -0.15) is 0 Å². The topological polar surface area (TPSA) is 67.4 Å². The van der Waals surface area contributed by atoms with Gasteiger partial charge in [0, 0.05) is 53.6 Å². The Kier molecular flexibility index (Phi) is 7.85. The Morgan fingerprint density at radius 2 is 1.71 bits per heavy atom. The normalized spacial score (nSPS) is 16.5. The van der Waals surface area contributed by atoms with Crippen LogP contribution in [0, 0.1) is 0 Å². The number of carbonyl (C=O) groups is 1. The van der Waals surface area contributed by atoms with Crippen molar-refractivity contribution in [1.82, 2.24) is 19.4 Å². The molecule has 1 saturated heterocycles. The molecule has 180 valence electrons. The highest BCUT2D eigenvalue weighted by atomic mass is 35.5. The summed E-state index contributed by atoms with van der Waals surface area (Å²) in [5.41, 5.74) is 7.75. The van der Waals surface area contributed by atoms with Gasteiger partial charge in [0.2, 0.25) is 5.82 Å². The van der Waals surface area contributed by atoms with Gasteiger partial charge in [-0.3, -0.25) is 19.2 Å². The maximum absolute atomic E-state index is 12.3. The fourth-order valence-electron chi connectivity index (χ4n) is 4.67. The molecule has 1 aromatic heterocycles. The molecule has 34 heavy (non-hydrogen) atoms. The molecule has 1 fully saturated rings. The Bertz CT molecular complexity index is 1140. The molecule has 2 heterocycles. The number of likely N-dealkylation sites (tertiary alicyclic amines) is 1. The van der Waals surface area contributed by atoms with Crippen LogP contribution in [-0.2, 0) is 18.9 Å². The third-order valence-electron chi connectivity index (χ3n) is 6.53. The summed E-state index contributed by atoms with van der Waals surface area (Å²) in [5.74, 6) is -1.08. The first-order valence-corrected chi connectivity index (χ1v) is 12.4. The Morgan fingerprint density at radius 3 is 2.35 bits per heavy atom. The van der Waals surface area contributed by atoms with Crippen LogP contribution in [0.4, 0.5) is 0 Å². The molecule has 1 atom stereocenters. The first-order chi connectivity index (χ1) is 16.3. The number of amides is 1. The minimum Gasteiger partial charge on any atom is -0.363 e.